The van der Waals surface area contributed by atoms with E-state index in [0.29, 0.717) is 0 Å². The number of thioether (sulfide) groups is 2. The molecule has 234 valence electrons. The highest BCUT2D eigenvalue weighted by Gasteiger charge is 2.31. The third-order valence-corrected chi connectivity index (χ3v) is 9.85. The lowest BCUT2D eigenvalue weighted by Gasteiger charge is -2.27. The van der Waals surface area contributed by atoms with E-state index in [1.54, 1.807) is 0 Å². The molecule has 0 aromatic rings. The van der Waals surface area contributed by atoms with Gasteiger partial charge in [-0.25, -0.2) is 0 Å². The summed E-state index contributed by atoms with van der Waals surface area (Å²) in [7, 11) is -0.635. The van der Waals surface area contributed by atoms with E-state index >= 15 is 0 Å². The van der Waals surface area contributed by atoms with Crippen molar-refractivity contribution >= 4 is 43.5 Å². The monoisotopic (exact) mass is 606 g/mol. The van der Waals surface area contributed by atoms with Crippen molar-refractivity contribution in [3.05, 3.63) is 0 Å². The first-order valence-corrected chi connectivity index (χ1v) is 19.6. The summed E-state index contributed by atoms with van der Waals surface area (Å²) in [5, 5.41) is 0. The highest BCUT2D eigenvalue weighted by molar-refractivity contribution is 8.00. The molecule has 3 nitrogen and oxygen atoms in total. The standard InChI is InChI=1S/C32H67BO3S3/c1-6-11-13-15-17-19-21-23-28-38-31(26-9-4)35-33(34-30(37)25-8-3)36-32(27-10-5)39-29-24-22-20-18-16-14-12-7-2/h30-32,37H,6-29H2,1-5H3. The molecule has 0 spiro atoms. The maximum atomic E-state index is 6.50. The van der Waals surface area contributed by atoms with Gasteiger partial charge in [0.05, 0.1) is 16.3 Å². The van der Waals surface area contributed by atoms with Crippen molar-refractivity contribution < 1.29 is 14.0 Å². The molecular weight excluding hydrogens is 539 g/mol. The first kappa shape index (κ1) is 40.0. The summed E-state index contributed by atoms with van der Waals surface area (Å²) < 4.78 is 19.2. The van der Waals surface area contributed by atoms with Crippen LogP contribution >= 0.6 is 36.2 Å². The van der Waals surface area contributed by atoms with Gasteiger partial charge in [-0.1, -0.05) is 144 Å². The molecule has 0 bridgehead atoms. The van der Waals surface area contributed by atoms with E-state index in [1.165, 1.54) is 103 Å². The van der Waals surface area contributed by atoms with Gasteiger partial charge in [-0.05, 0) is 43.6 Å². The second-order valence-corrected chi connectivity index (χ2v) is 14.2. The molecule has 3 unspecified atom stereocenters. The number of hydrogen-bond donors (Lipinski definition) is 1. The van der Waals surface area contributed by atoms with Crippen molar-refractivity contribution in [2.75, 3.05) is 11.5 Å². The van der Waals surface area contributed by atoms with E-state index in [9.17, 15) is 0 Å². The zero-order valence-electron chi connectivity index (χ0n) is 26.8. The summed E-state index contributed by atoms with van der Waals surface area (Å²) in [5.41, 5.74) is 0.0818. The van der Waals surface area contributed by atoms with Gasteiger partial charge in [-0.15, -0.1) is 36.2 Å². The summed E-state index contributed by atoms with van der Waals surface area (Å²) in [4.78, 5) is 0. The van der Waals surface area contributed by atoms with Crippen LogP contribution in [0.4, 0.5) is 0 Å². The Balaban J connectivity index is 4.62. The number of unbranched alkanes of at least 4 members (excludes halogenated alkanes) is 14. The van der Waals surface area contributed by atoms with Gasteiger partial charge in [0.25, 0.3) is 0 Å². The van der Waals surface area contributed by atoms with Crippen LogP contribution in [0.3, 0.4) is 0 Å². The zero-order chi connectivity index (χ0) is 28.8. The molecule has 0 saturated heterocycles. The van der Waals surface area contributed by atoms with Crippen LogP contribution in [-0.2, 0) is 14.0 Å². The van der Waals surface area contributed by atoms with E-state index in [0.717, 1.165) is 50.0 Å². The topological polar surface area (TPSA) is 27.7 Å². The van der Waals surface area contributed by atoms with Crippen LogP contribution in [0.25, 0.3) is 0 Å². The molecule has 0 aliphatic rings. The van der Waals surface area contributed by atoms with E-state index in [2.05, 4.69) is 47.2 Å². The summed E-state index contributed by atoms with van der Waals surface area (Å²) in [6.07, 6.45) is 28.0. The predicted octanol–water partition coefficient (Wildman–Crippen LogP) is 12.1. The smallest absolute Gasteiger partial charge is 0.374 e. The Kier molecular flexibility index (Phi) is 32.7. The Labute approximate surface area is 260 Å². The molecule has 7 heteroatoms. The Morgan fingerprint density at radius 2 is 0.821 bits per heavy atom. The first-order valence-electron chi connectivity index (χ1n) is 17.0. The number of rotatable bonds is 32. The van der Waals surface area contributed by atoms with Crippen LogP contribution in [0.1, 0.15) is 176 Å². The third kappa shape index (κ3) is 27.6. The molecule has 0 aliphatic heterocycles. The minimum Gasteiger partial charge on any atom is -0.374 e. The minimum absolute atomic E-state index is 0.117. The van der Waals surface area contributed by atoms with Gasteiger partial charge in [0, 0.05) is 0 Å². The summed E-state index contributed by atoms with van der Waals surface area (Å²) in [5.74, 6) is 2.30. The largest absolute Gasteiger partial charge is 0.641 e. The molecule has 0 amide bonds. The summed E-state index contributed by atoms with van der Waals surface area (Å²) >= 11 is 8.58. The second kappa shape index (κ2) is 31.9. The minimum atomic E-state index is -0.635. The third-order valence-electron chi connectivity index (χ3n) is 6.98. The fourth-order valence-electron chi connectivity index (χ4n) is 4.54. The van der Waals surface area contributed by atoms with E-state index in [1.807, 2.05) is 23.5 Å². The number of hydrogen-bond acceptors (Lipinski definition) is 6. The summed E-state index contributed by atoms with van der Waals surface area (Å²) in [6.45, 7) is 11.2. The molecule has 0 heterocycles. The van der Waals surface area contributed by atoms with Crippen molar-refractivity contribution in [3.63, 3.8) is 0 Å². The van der Waals surface area contributed by atoms with Crippen LogP contribution in [0.5, 0.6) is 0 Å². The van der Waals surface area contributed by atoms with Gasteiger partial charge in [0.1, 0.15) is 0 Å². The van der Waals surface area contributed by atoms with Crippen LogP contribution in [0.2, 0.25) is 0 Å². The molecule has 0 fully saturated rings. The highest BCUT2D eigenvalue weighted by Crippen LogP contribution is 2.26. The van der Waals surface area contributed by atoms with Crippen LogP contribution in [0, 0.1) is 0 Å². The summed E-state index contributed by atoms with van der Waals surface area (Å²) in [6, 6.07) is 0. The predicted molar refractivity (Wildman–Crippen MR) is 184 cm³/mol. The van der Waals surface area contributed by atoms with Gasteiger partial charge in [0.15, 0.2) is 0 Å². The molecule has 0 saturated carbocycles. The Morgan fingerprint density at radius 1 is 0.462 bits per heavy atom. The zero-order valence-corrected chi connectivity index (χ0v) is 29.3. The molecule has 0 N–H and O–H groups in total. The average Bonchev–Trinajstić information content (AvgIpc) is 2.91. The average molecular weight is 607 g/mol. The Bertz CT molecular complexity index is 442. The first-order chi connectivity index (χ1) is 19.1. The maximum absolute atomic E-state index is 6.50. The van der Waals surface area contributed by atoms with E-state index < -0.39 is 7.32 Å². The van der Waals surface area contributed by atoms with Crippen LogP contribution in [0.15, 0.2) is 0 Å². The quantitative estimate of drug-likeness (QED) is 0.0356. The molecule has 3 atom stereocenters. The fraction of sp³-hybridized carbons (Fsp3) is 1.00. The molecule has 39 heavy (non-hydrogen) atoms. The van der Waals surface area contributed by atoms with E-state index in [-0.39, 0.29) is 16.3 Å². The lowest BCUT2D eigenvalue weighted by molar-refractivity contribution is 0.0635. The van der Waals surface area contributed by atoms with Crippen molar-refractivity contribution in [1.82, 2.24) is 0 Å². The van der Waals surface area contributed by atoms with Crippen LogP contribution in [-0.4, -0.2) is 35.1 Å². The van der Waals surface area contributed by atoms with Gasteiger partial charge < -0.3 is 14.0 Å². The van der Waals surface area contributed by atoms with Crippen molar-refractivity contribution in [2.45, 2.75) is 192 Å². The SMILES string of the molecule is CCCCCCCCCCSC(CCC)OB(OC(S)CCC)OC(CCC)SCCCCCCCCCC. The Hall–Kier alpha value is 0.995. The van der Waals surface area contributed by atoms with Gasteiger partial charge in [-0.3, -0.25) is 0 Å². The molecule has 0 radical (unpaired) electrons. The van der Waals surface area contributed by atoms with Crippen molar-refractivity contribution in [2.24, 2.45) is 0 Å². The second-order valence-electron chi connectivity index (χ2n) is 11.1. The molecule has 0 rings (SSSR count). The van der Waals surface area contributed by atoms with Crippen LogP contribution < -0.4 is 0 Å². The maximum Gasteiger partial charge on any atom is 0.641 e. The van der Waals surface area contributed by atoms with Crippen molar-refractivity contribution in [1.29, 1.82) is 0 Å². The van der Waals surface area contributed by atoms with E-state index in [4.69, 9.17) is 14.0 Å². The lowest BCUT2D eigenvalue weighted by atomic mass is 10.1. The lowest BCUT2D eigenvalue weighted by Crippen LogP contribution is -2.36. The van der Waals surface area contributed by atoms with Gasteiger partial charge in [-0.2, -0.15) is 0 Å². The molecular formula is C32H67BO3S3. The van der Waals surface area contributed by atoms with Crippen molar-refractivity contribution in [3.8, 4) is 0 Å². The highest BCUT2D eigenvalue weighted by atomic mass is 32.2. The van der Waals surface area contributed by atoms with Gasteiger partial charge in [0.2, 0.25) is 0 Å². The Morgan fingerprint density at radius 3 is 1.18 bits per heavy atom. The normalized spacial score (nSPS) is 14.0. The van der Waals surface area contributed by atoms with Gasteiger partial charge >= 0.3 is 7.32 Å². The fourth-order valence-corrected chi connectivity index (χ4v) is 7.31. The molecule has 0 aromatic carbocycles. The molecule has 0 aromatic heterocycles. The molecule has 0 aliphatic carbocycles. The number of thiol groups is 1.